The summed E-state index contributed by atoms with van der Waals surface area (Å²) in [4.78, 5) is 4.32. The van der Waals surface area contributed by atoms with Crippen molar-refractivity contribution in [1.82, 2.24) is 10.3 Å². The van der Waals surface area contributed by atoms with Crippen LogP contribution in [0.1, 0.15) is 39.8 Å². The number of oxazole rings is 1. The van der Waals surface area contributed by atoms with Crippen LogP contribution < -0.4 is 10.1 Å². The van der Waals surface area contributed by atoms with E-state index in [9.17, 15) is 0 Å². The van der Waals surface area contributed by atoms with Crippen LogP contribution in [0.3, 0.4) is 0 Å². The Morgan fingerprint density at radius 2 is 2.10 bits per heavy atom. The van der Waals surface area contributed by atoms with Crippen LogP contribution in [-0.2, 0) is 6.54 Å². The average molecular weight is 288 g/mol. The summed E-state index contributed by atoms with van der Waals surface area (Å²) in [5.41, 5.74) is 1.95. The van der Waals surface area contributed by atoms with Gasteiger partial charge in [-0.25, -0.2) is 4.98 Å². The molecule has 0 fully saturated rings. The first-order valence-corrected chi connectivity index (χ1v) is 7.40. The van der Waals surface area contributed by atoms with Crippen molar-refractivity contribution < 1.29 is 9.15 Å². The molecule has 1 N–H and O–H groups in total. The predicted molar refractivity (Wildman–Crippen MR) is 84.3 cm³/mol. The Labute approximate surface area is 126 Å². The van der Waals surface area contributed by atoms with E-state index in [2.05, 4.69) is 38.0 Å². The number of ether oxygens (including phenoxy) is 1. The van der Waals surface area contributed by atoms with E-state index in [1.807, 2.05) is 24.3 Å². The van der Waals surface area contributed by atoms with E-state index in [4.69, 9.17) is 9.15 Å². The summed E-state index contributed by atoms with van der Waals surface area (Å²) >= 11 is 0. The van der Waals surface area contributed by atoms with Crippen molar-refractivity contribution in [3.05, 3.63) is 36.4 Å². The third kappa shape index (κ3) is 4.60. The molecule has 0 amide bonds. The maximum atomic E-state index is 5.67. The van der Waals surface area contributed by atoms with Crippen molar-refractivity contribution in [1.29, 1.82) is 0 Å². The topological polar surface area (TPSA) is 47.3 Å². The number of hydrogen-bond acceptors (Lipinski definition) is 4. The molecular weight excluding hydrogens is 264 g/mol. The van der Waals surface area contributed by atoms with Gasteiger partial charge in [0.25, 0.3) is 0 Å². The molecule has 0 aliphatic rings. The van der Waals surface area contributed by atoms with Gasteiger partial charge in [-0.1, -0.05) is 19.1 Å². The van der Waals surface area contributed by atoms with Gasteiger partial charge in [0.15, 0.2) is 12.2 Å². The van der Waals surface area contributed by atoms with Crippen LogP contribution in [0.4, 0.5) is 0 Å². The predicted octanol–water partition coefficient (Wildman–Crippen LogP) is 4.02. The highest BCUT2D eigenvalue weighted by Gasteiger charge is 2.15. The fourth-order valence-electron chi connectivity index (χ4n) is 1.93. The lowest BCUT2D eigenvalue weighted by Gasteiger charge is -2.19. The van der Waals surface area contributed by atoms with E-state index in [-0.39, 0.29) is 5.54 Å². The second-order valence-electron chi connectivity index (χ2n) is 6.11. The Morgan fingerprint density at radius 3 is 2.81 bits per heavy atom. The molecule has 0 saturated heterocycles. The van der Waals surface area contributed by atoms with Crippen LogP contribution in [0.15, 0.2) is 35.1 Å². The Kier molecular flexibility index (Phi) is 5.02. The molecule has 1 aromatic heterocycles. The highest BCUT2D eigenvalue weighted by molar-refractivity contribution is 5.61. The number of benzene rings is 1. The first-order chi connectivity index (χ1) is 9.99. The molecule has 0 atom stereocenters. The summed E-state index contributed by atoms with van der Waals surface area (Å²) in [6.07, 6.45) is 2.49. The van der Waals surface area contributed by atoms with Crippen molar-refractivity contribution in [3.63, 3.8) is 0 Å². The Morgan fingerprint density at radius 1 is 1.29 bits per heavy atom. The molecular formula is C17H24N2O2. The molecule has 0 unspecified atom stereocenters. The smallest absolute Gasteiger partial charge is 0.181 e. The molecule has 21 heavy (non-hydrogen) atoms. The van der Waals surface area contributed by atoms with Gasteiger partial charge >= 0.3 is 0 Å². The zero-order valence-corrected chi connectivity index (χ0v) is 13.3. The Hall–Kier alpha value is -1.81. The van der Waals surface area contributed by atoms with Crippen LogP contribution in [0.5, 0.6) is 5.75 Å². The normalized spacial score (nSPS) is 11.6. The van der Waals surface area contributed by atoms with E-state index < -0.39 is 0 Å². The van der Waals surface area contributed by atoms with Crippen LogP contribution in [0.25, 0.3) is 11.3 Å². The number of rotatable bonds is 6. The molecule has 1 aromatic carbocycles. The fraction of sp³-hybridized carbons (Fsp3) is 0.471. The number of hydrogen-bond donors (Lipinski definition) is 1. The van der Waals surface area contributed by atoms with Crippen molar-refractivity contribution in [3.8, 4) is 17.1 Å². The molecule has 0 aliphatic carbocycles. The van der Waals surface area contributed by atoms with E-state index in [1.165, 1.54) is 6.39 Å². The molecule has 0 bridgehead atoms. The summed E-state index contributed by atoms with van der Waals surface area (Å²) in [6, 6.07) is 7.95. The molecule has 0 saturated carbocycles. The first-order valence-electron chi connectivity index (χ1n) is 7.40. The van der Waals surface area contributed by atoms with Gasteiger partial charge in [-0.2, -0.15) is 0 Å². The molecule has 2 rings (SSSR count). The van der Waals surface area contributed by atoms with Gasteiger partial charge in [-0.3, -0.25) is 0 Å². The van der Waals surface area contributed by atoms with Gasteiger partial charge in [0.05, 0.1) is 6.61 Å². The molecule has 1 heterocycles. The average Bonchev–Trinajstić information content (AvgIpc) is 2.91. The van der Waals surface area contributed by atoms with Crippen LogP contribution in [0, 0.1) is 0 Å². The lowest BCUT2D eigenvalue weighted by Crippen LogP contribution is -2.35. The van der Waals surface area contributed by atoms with Crippen LogP contribution >= 0.6 is 0 Å². The van der Waals surface area contributed by atoms with Gasteiger partial charge < -0.3 is 14.5 Å². The molecule has 114 valence electrons. The zero-order valence-electron chi connectivity index (χ0n) is 13.3. The second kappa shape index (κ2) is 6.76. The quantitative estimate of drug-likeness (QED) is 0.872. The van der Waals surface area contributed by atoms with E-state index in [0.29, 0.717) is 6.54 Å². The van der Waals surface area contributed by atoms with Gasteiger partial charge in [-0.15, -0.1) is 0 Å². The van der Waals surface area contributed by atoms with Crippen LogP contribution in [0.2, 0.25) is 0 Å². The van der Waals surface area contributed by atoms with E-state index in [1.54, 1.807) is 0 Å². The number of aromatic nitrogens is 1. The van der Waals surface area contributed by atoms with Crippen molar-refractivity contribution >= 4 is 0 Å². The Balaban J connectivity index is 2.16. The summed E-state index contributed by atoms with van der Waals surface area (Å²) in [6.45, 7) is 9.88. The maximum Gasteiger partial charge on any atom is 0.181 e. The molecule has 2 aromatic rings. The highest BCUT2D eigenvalue weighted by Crippen LogP contribution is 2.27. The summed E-state index contributed by atoms with van der Waals surface area (Å²) < 4.78 is 11.2. The van der Waals surface area contributed by atoms with Crippen molar-refractivity contribution in [2.24, 2.45) is 0 Å². The van der Waals surface area contributed by atoms with E-state index in [0.717, 1.165) is 35.8 Å². The molecule has 4 nitrogen and oxygen atoms in total. The standard InChI is InChI=1S/C17H24N2O2/c1-5-9-20-14-8-6-7-13(10-14)16-15(18-12-21-16)11-19-17(2,3)4/h6-8,10,12,19H,5,9,11H2,1-4H3. The summed E-state index contributed by atoms with van der Waals surface area (Å²) in [7, 11) is 0. The minimum Gasteiger partial charge on any atom is -0.494 e. The maximum absolute atomic E-state index is 5.67. The van der Waals surface area contributed by atoms with Crippen LogP contribution in [-0.4, -0.2) is 17.1 Å². The lowest BCUT2D eigenvalue weighted by atomic mass is 10.1. The fourth-order valence-corrected chi connectivity index (χ4v) is 1.93. The molecule has 4 heteroatoms. The van der Waals surface area contributed by atoms with Gasteiger partial charge in [0.2, 0.25) is 0 Å². The highest BCUT2D eigenvalue weighted by atomic mass is 16.5. The van der Waals surface area contributed by atoms with Gasteiger partial charge in [-0.05, 0) is 39.3 Å². The largest absolute Gasteiger partial charge is 0.494 e. The minimum atomic E-state index is 0.0440. The number of nitrogens with zero attached hydrogens (tertiary/aromatic N) is 1. The monoisotopic (exact) mass is 288 g/mol. The third-order valence-corrected chi connectivity index (χ3v) is 3.00. The molecule has 0 spiro atoms. The van der Waals surface area contributed by atoms with Gasteiger partial charge in [0.1, 0.15) is 11.4 Å². The zero-order chi connectivity index (χ0) is 15.3. The number of nitrogens with one attached hydrogen (secondary N) is 1. The van der Waals surface area contributed by atoms with E-state index >= 15 is 0 Å². The molecule has 0 aliphatic heterocycles. The molecule has 0 radical (unpaired) electrons. The summed E-state index contributed by atoms with van der Waals surface area (Å²) in [5.74, 6) is 1.66. The van der Waals surface area contributed by atoms with Crippen molar-refractivity contribution in [2.45, 2.75) is 46.2 Å². The third-order valence-electron chi connectivity index (χ3n) is 3.00. The van der Waals surface area contributed by atoms with Crippen molar-refractivity contribution in [2.75, 3.05) is 6.61 Å². The Bertz CT molecular complexity index is 570. The first kappa shape index (κ1) is 15.6. The lowest BCUT2D eigenvalue weighted by molar-refractivity contribution is 0.317. The second-order valence-corrected chi connectivity index (χ2v) is 6.11. The summed E-state index contributed by atoms with van der Waals surface area (Å²) in [5, 5.41) is 3.43. The van der Waals surface area contributed by atoms with Gasteiger partial charge in [0, 0.05) is 17.6 Å². The SMILES string of the molecule is CCCOc1cccc(-c2ocnc2CNC(C)(C)C)c1. The minimum absolute atomic E-state index is 0.0440.